The van der Waals surface area contributed by atoms with Crippen molar-refractivity contribution in [1.82, 2.24) is 0 Å². The molecule has 0 saturated heterocycles. The predicted molar refractivity (Wildman–Crippen MR) is 121 cm³/mol. The van der Waals surface area contributed by atoms with Gasteiger partial charge in [-0.3, -0.25) is 0 Å². The quantitative estimate of drug-likeness (QED) is 0.198. The Labute approximate surface area is 180 Å². The van der Waals surface area contributed by atoms with Gasteiger partial charge in [-0.2, -0.15) is 0 Å². The van der Waals surface area contributed by atoms with E-state index in [9.17, 15) is 22.0 Å². The molecule has 0 heterocycles. The summed E-state index contributed by atoms with van der Waals surface area (Å²) in [6, 6.07) is 30.4. The maximum absolute atomic E-state index is 13.3. The van der Waals surface area contributed by atoms with E-state index in [0.717, 1.165) is 6.16 Å². The monoisotopic (exact) mass is 452 g/mol. The number of halogens is 5. The number of hydrogen-bond donors (Lipinski definition) is 0. The van der Waals surface area contributed by atoms with Gasteiger partial charge in [0, 0.05) is 0 Å². The molecule has 0 aromatic heterocycles. The molecule has 0 amide bonds. The van der Waals surface area contributed by atoms with Crippen molar-refractivity contribution in [3.63, 3.8) is 0 Å². The van der Waals surface area contributed by atoms with E-state index in [0.29, 0.717) is 12.8 Å². The molecule has 3 rings (SSSR count). The Morgan fingerprint density at radius 3 is 1.26 bits per heavy atom. The van der Waals surface area contributed by atoms with Gasteiger partial charge in [0.05, 0.1) is 0 Å². The number of benzene rings is 3. The Balaban J connectivity index is 1.88. The molecule has 0 spiro atoms. The minimum atomic E-state index is -5.48. The third kappa shape index (κ3) is 5.33. The summed E-state index contributed by atoms with van der Waals surface area (Å²) in [5.74, 6) is -4.63. The van der Waals surface area contributed by atoms with Gasteiger partial charge in [0.1, 0.15) is 0 Å². The molecule has 0 saturated carbocycles. The fourth-order valence-corrected chi connectivity index (χ4v) is 9.09. The van der Waals surface area contributed by atoms with E-state index in [-0.39, 0.29) is 6.42 Å². The first kappa shape index (κ1) is 23.4. The Morgan fingerprint density at radius 2 is 0.903 bits per heavy atom. The summed E-state index contributed by atoms with van der Waals surface area (Å²) in [5, 5.41) is 3.61. The van der Waals surface area contributed by atoms with E-state index in [1.54, 1.807) is 0 Å². The van der Waals surface area contributed by atoms with Crippen molar-refractivity contribution in [1.29, 1.82) is 0 Å². The zero-order chi connectivity index (χ0) is 22.4. The molecule has 0 unspecified atom stereocenters. The van der Waals surface area contributed by atoms with E-state index >= 15 is 0 Å². The molecule has 166 valence electrons. The zero-order valence-corrected chi connectivity index (χ0v) is 18.1. The zero-order valence-electron chi connectivity index (χ0n) is 17.1. The normalized spacial score (nSPS) is 13.2. The number of rotatable bonds is 9. The number of unbranched alkanes of at least 4 members (excludes halogenated alkanes) is 2. The van der Waals surface area contributed by atoms with Crippen LogP contribution in [0.1, 0.15) is 25.7 Å². The Morgan fingerprint density at radius 1 is 0.516 bits per heavy atom. The van der Waals surface area contributed by atoms with E-state index in [1.807, 2.05) is 54.6 Å². The van der Waals surface area contributed by atoms with E-state index in [2.05, 4.69) is 36.4 Å². The fraction of sp³-hybridized carbons (Fsp3) is 0.280. The van der Waals surface area contributed by atoms with Crippen molar-refractivity contribution in [2.45, 2.75) is 37.8 Å². The fourth-order valence-electron chi connectivity index (χ4n) is 4.16. The van der Waals surface area contributed by atoms with Gasteiger partial charge in [-0.25, -0.2) is 0 Å². The first-order valence-corrected chi connectivity index (χ1v) is 12.6. The van der Waals surface area contributed by atoms with Crippen LogP contribution < -0.4 is 15.9 Å². The van der Waals surface area contributed by atoms with Gasteiger partial charge in [-0.1, -0.05) is 0 Å². The molecular formula is C25H26F5P. The van der Waals surface area contributed by atoms with E-state index in [4.69, 9.17) is 0 Å². The van der Waals surface area contributed by atoms with Crippen molar-refractivity contribution in [2.75, 3.05) is 6.16 Å². The molecule has 0 radical (unpaired) electrons. The second-order valence-electron chi connectivity index (χ2n) is 7.77. The molecule has 3 aromatic carbocycles. The summed E-state index contributed by atoms with van der Waals surface area (Å²) in [5.41, 5.74) is 0. The first-order valence-electron chi connectivity index (χ1n) is 10.4. The molecular weight excluding hydrogens is 426 g/mol. The SMILES string of the molecule is FC(F)(F)C(F)(F)CCCCC[PH](c1ccccc1)(c1ccccc1)c1ccccc1. The predicted octanol–water partition coefficient (Wildman–Crippen LogP) is 6.47. The molecule has 0 N–H and O–H groups in total. The molecule has 0 atom stereocenters. The minimum absolute atomic E-state index is 0.157. The van der Waals surface area contributed by atoms with Crippen molar-refractivity contribution < 1.29 is 22.0 Å². The summed E-state index contributed by atoms with van der Waals surface area (Å²) in [4.78, 5) is 0. The second-order valence-corrected chi connectivity index (χ2v) is 11.8. The van der Waals surface area contributed by atoms with Gasteiger partial charge >= 0.3 is 180 Å². The molecule has 0 bridgehead atoms. The summed E-state index contributed by atoms with van der Waals surface area (Å²) in [7, 11) is -2.47. The van der Waals surface area contributed by atoms with Gasteiger partial charge in [0.2, 0.25) is 0 Å². The summed E-state index contributed by atoms with van der Waals surface area (Å²) in [6.07, 6.45) is -5.15. The summed E-state index contributed by atoms with van der Waals surface area (Å²) < 4.78 is 63.9. The van der Waals surface area contributed by atoms with Gasteiger partial charge in [0.15, 0.2) is 0 Å². The molecule has 0 aliphatic rings. The van der Waals surface area contributed by atoms with E-state index < -0.39 is 25.8 Å². The maximum atomic E-state index is 13.3. The molecule has 0 aliphatic heterocycles. The second kappa shape index (κ2) is 9.91. The molecule has 0 nitrogen and oxygen atoms in total. The Kier molecular flexibility index (Phi) is 7.48. The van der Waals surface area contributed by atoms with Gasteiger partial charge in [0.25, 0.3) is 0 Å². The van der Waals surface area contributed by atoms with Crippen LogP contribution >= 0.6 is 7.26 Å². The van der Waals surface area contributed by atoms with Crippen LogP contribution in [-0.4, -0.2) is 18.3 Å². The number of alkyl halides is 5. The van der Waals surface area contributed by atoms with Crippen molar-refractivity contribution in [2.24, 2.45) is 0 Å². The molecule has 0 aliphatic carbocycles. The number of hydrogen-bond acceptors (Lipinski definition) is 0. The third-order valence-corrected chi connectivity index (χ3v) is 10.8. The van der Waals surface area contributed by atoms with Crippen LogP contribution in [0, 0.1) is 0 Å². The van der Waals surface area contributed by atoms with Crippen molar-refractivity contribution >= 4 is 23.2 Å². The van der Waals surface area contributed by atoms with E-state index in [1.165, 1.54) is 15.9 Å². The van der Waals surface area contributed by atoms with Crippen molar-refractivity contribution in [3.05, 3.63) is 91.0 Å². The molecule has 31 heavy (non-hydrogen) atoms. The molecule has 0 fully saturated rings. The topological polar surface area (TPSA) is 0 Å². The van der Waals surface area contributed by atoms with Crippen molar-refractivity contribution in [3.8, 4) is 0 Å². The van der Waals surface area contributed by atoms with Crippen LogP contribution in [-0.2, 0) is 0 Å². The van der Waals surface area contributed by atoms with Crippen LogP contribution in [0.5, 0.6) is 0 Å². The van der Waals surface area contributed by atoms with Crippen LogP contribution in [0.2, 0.25) is 0 Å². The average Bonchev–Trinajstić information content (AvgIpc) is 2.77. The summed E-state index contributed by atoms with van der Waals surface area (Å²) >= 11 is 0. The Bertz CT molecular complexity index is 828. The Hall–Kier alpha value is -2.26. The van der Waals surface area contributed by atoms with Crippen LogP contribution in [0.4, 0.5) is 22.0 Å². The van der Waals surface area contributed by atoms with Crippen LogP contribution in [0.25, 0.3) is 0 Å². The standard InChI is InChI=1S/C25H26F5P/c26-24(27,25(28,29)30)19-11-4-12-20-31(21-13-5-1-6-14-21,22-15-7-2-8-16-22)23-17-9-3-10-18-23/h1-3,5-10,13-18,31H,4,11-12,19-20H2. The van der Waals surface area contributed by atoms with Gasteiger partial charge in [-0.05, 0) is 0 Å². The molecule has 6 heteroatoms. The van der Waals surface area contributed by atoms with Crippen LogP contribution in [0.15, 0.2) is 91.0 Å². The molecule has 3 aromatic rings. The average molecular weight is 452 g/mol. The van der Waals surface area contributed by atoms with Crippen LogP contribution in [0.3, 0.4) is 0 Å². The summed E-state index contributed by atoms with van der Waals surface area (Å²) in [6.45, 7) is 0. The third-order valence-electron chi connectivity index (χ3n) is 5.76. The van der Waals surface area contributed by atoms with Gasteiger partial charge in [-0.15, -0.1) is 0 Å². The first-order chi connectivity index (χ1) is 14.8. The van der Waals surface area contributed by atoms with Gasteiger partial charge < -0.3 is 0 Å².